The quantitative estimate of drug-likeness (QED) is 0.554. The van der Waals surface area contributed by atoms with Gasteiger partial charge in [-0.25, -0.2) is 8.42 Å². The number of methoxy groups -OCH3 is 1. The van der Waals surface area contributed by atoms with Gasteiger partial charge in [0, 0.05) is 46.4 Å². The highest BCUT2D eigenvalue weighted by molar-refractivity contribution is 7.89. The van der Waals surface area contributed by atoms with Gasteiger partial charge in [0.15, 0.2) is 5.76 Å². The Bertz CT molecular complexity index is 891. The van der Waals surface area contributed by atoms with Gasteiger partial charge in [-0.15, -0.1) is 0 Å². The molecule has 30 heavy (non-hydrogen) atoms. The summed E-state index contributed by atoms with van der Waals surface area (Å²) >= 11 is 0. The molecule has 0 atom stereocenters. The zero-order chi connectivity index (χ0) is 21.4. The van der Waals surface area contributed by atoms with Crippen LogP contribution in [0.1, 0.15) is 10.6 Å². The lowest BCUT2D eigenvalue weighted by atomic mass is 10.3. The lowest BCUT2D eigenvalue weighted by Crippen LogP contribution is -2.50. The molecule has 1 fully saturated rings. The first-order chi connectivity index (χ1) is 14.5. The second-order valence-electron chi connectivity index (χ2n) is 6.79. The van der Waals surface area contributed by atoms with Crippen molar-refractivity contribution in [2.45, 2.75) is 4.90 Å². The maximum atomic E-state index is 12.9. The van der Waals surface area contributed by atoms with Crippen molar-refractivity contribution in [2.24, 2.45) is 0 Å². The minimum absolute atomic E-state index is 0.251. The van der Waals surface area contributed by atoms with Gasteiger partial charge in [-0.2, -0.15) is 4.31 Å². The Morgan fingerprint density at radius 2 is 1.83 bits per heavy atom. The number of carbonyl (C=O) groups is 1. The summed E-state index contributed by atoms with van der Waals surface area (Å²) in [7, 11) is -1.95. The zero-order valence-corrected chi connectivity index (χ0v) is 17.8. The SMILES string of the molecule is COCCOc1ccc(S(=O)(=O)N2CCN(CCNC(=O)c3ccco3)CC2)cc1. The van der Waals surface area contributed by atoms with E-state index in [1.54, 1.807) is 43.5 Å². The van der Waals surface area contributed by atoms with E-state index in [9.17, 15) is 13.2 Å². The molecular formula is C20H27N3O6S. The third-order valence-corrected chi connectivity index (χ3v) is 6.72. The van der Waals surface area contributed by atoms with E-state index in [1.165, 1.54) is 10.6 Å². The number of nitrogens with zero attached hydrogens (tertiary/aromatic N) is 2. The summed E-state index contributed by atoms with van der Waals surface area (Å²) in [5, 5.41) is 2.80. The molecule has 2 aromatic rings. The summed E-state index contributed by atoms with van der Waals surface area (Å²) in [6.07, 6.45) is 1.45. The van der Waals surface area contributed by atoms with E-state index in [4.69, 9.17) is 13.9 Å². The molecule has 9 nitrogen and oxygen atoms in total. The monoisotopic (exact) mass is 437 g/mol. The Kier molecular flexibility index (Phi) is 7.86. The zero-order valence-electron chi connectivity index (χ0n) is 17.0. The highest BCUT2D eigenvalue weighted by Gasteiger charge is 2.28. The van der Waals surface area contributed by atoms with Gasteiger partial charge < -0.3 is 19.2 Å². The van der Waals surface area contributed by atoms with Gasteiger partial charge in [0.2, 0.25) is 10.0 Å². The average Bonchev–Trinajstić information content (AvgIpc) is 3.30. The topological polar surface area (TPSA) is 101 Å². The summed E-state index contributed by atoms with van der Waals surface area (Å²) in [4.78, 5) is 14.2. The highest BCUT2D eigenvalue weighted by Crippen LogP contribution is 2.20. The minimum Gasteiger partial charge on any atom is -0.491 e. The Morgan fingerprint density at radius 3 is 2.47 bits per heavy atom. The molecule has 1 aromatic carbocycles. The molecule has 0 aliphatic carbocycles. The van der Waals surface area contributed by atoms with E-state index in [1.807, 2.05) is 0 Å². The maximum Gasteiger partial charge on any atom is 0.287 e. The van der Waals surface area contributed by atoms with Gasteiger partial charge in [0.1, 0.15) is 12.4 Å². The minimum atomic E-state index is -3.55. The number of furan rings is 1. The van der Waals surface area contributed by atoms with Crippen molar-refractivity contribution in [1.82, 2.24) is 14.5 Å². The Balaban J connectivity index is 1.44. The number of hydrogen-bond donors (Lipinski definition) is 1. The molecule has 1 aliphatic heterocycles. The summed E-state index contributed by atoms with van der Waals surface area (Å²) in [5.41, 5.74) is 0. The summed E-state index contributed by atoms with van der Waals surface area (Å²) in [6, 6.07) is 9.71. The number of hydrogen-bond acceptors (Lipinski definition) is 7. The molecule has 0 spiro atoms. The summed E-state index contributed by atoms with van der Waals surface area (Å²) < 4.78 is 42.7. The Labute approximate surface area is 176 Å². The molecular weight excluding hydrogens is 410 g/mol. The molecule has 1 N–H and O–H groups in total. The molecule has 0 saturated carbocycles. The number of sulfonamides is 1. The third-order valence-electron chi connectivity index (χ3n) is 4.81. The first kappa shape index (κ1) is 22.3. The van der Waals surface area contributed by atoms with E-state index in [-0.39, 0.29) is 16.6 Å². The number of piperazine rings is 1. The standard InChI is InChI=1S/C20H27N3O6S/c1-27-15-16-28-17-4-6-18(7-5-17)30(25,26)23-12-10-22(11-13-23)9-8-21-20(24)19-3-2-14-29-19/h2-7,14H,8-13,15-16H2,1H3,(H,21,24). The van der Waals surface area contributed by atoms with Crippen molar-refractivity contribution >= 4 is 15.9 Å². The lowest BCUT2D eigenvalue weighted by Gasteiger charge is -2.33. The van der Waals surface area contributed by atoms with E-state index < -0.39 is 10.0 Å². The molecule has 1 aliphatic rings. The summed E-state index contributed by atoms with van der Waals surface area (Å²) in [6.45, 7) is 4.01. The van der Waals surface area contributed by atoms with Crippen molar-refractivity contribution in [2.75, 3.05) is 59.6 Å². The van der Waals surface area contributed by atoms with Gasteiger partial charge in [-0.3, -0.25) is 9.69 Å². The number of benzene rings is 1. The molecule has 164 valence electrons. The van der Waals surface area contributed by atoms with Gasteiger partial charge >= 0.3 is 0 Å². The predicted octanol–water partition coefficient (Wildman–Crippen LogP) is 1.04. The number of rotatable bonds is 10. The third kappa shape index (κ3) is 5.82. The molecule has 1 saturated heterocycles. The van der Waals surface area contributed by atoms with Crippen LogP contribution in [0.5, 0.6) is 5.75 Å². The molecule has 3 rings (SSSR count). The molecule has 0 unspecified atom stereocenters. The first-order valence-electron chi connectivity index (χ1n) is 9.77. The van der Waals surface area contributed by atoms with Crippen molar-refractivity contribution in [1.29, 1.82) is 0 Å². The van der Waals surface area contributed by atoms with Crippen LogP contribution in [0.2, 0.25) is 0 Å². The fourth-order valence-electron chi connectivity index (χ4n) is 3.12. The van der Waals surface area contributed by atoms with Crippen LogP contribution in [0.4, 0.5) is 0 Å². The van der Waals surface area contributed by atoms with Crippen LogP contribution in [-0.4, -0.2) is 83.1 Å². The number of carbonyl (C=O) groups excluding carboxylic acids is 1. The fraction of sp³-hybridized carbons (Fsp3) is 0.450. The average molecular weight is 438 g/mol. The predicted molar refractivity (Wildman–Crippen MR) is 110 cm³/mol. The number of amides is 1. The van der Waals surface area contributed by atoms with Gasteiger partial charge in [0.05, 0.1) is 17.8 Å². The normalized spacial score (nSPS) is 15.8. The smallest absolute Gasteiger partial charge is 0.287 e. The number of ether oxygens (including phenoxy) is 2. The van der Waals surface area contributed by atoms with E-state index in [0.717, 1.165) is 0 Å². The van der Waals surface area contributed by atoms with E-state index in [0.29, 0.717) is 58.2 Å². The van der Waals surface area contributed by atoms with Crippen molar-refractivity contribution in [3.63, 3.8) is 0 Å². The number of nitrogens with one attached hydrogen (secondary N) is 1. The van der Waals surface area contributed by atoms with Crippen LogP contribution < -0.4 is 10.1 Å². The van der Waals surface area contributed by atoms with E-state index in [2.05, 4.69) is 10.2 Å². The Hall–Kier alpha value is -2.40. The van der Waals surface area contributed by atoms with Gasteiger partial charge in [0.25, 0.3) is 5.91 Å². The van der Waals surface area contributed by atoms with Crippen LogP contribution in [0, 0.1) is 0 Å². The van der Waals surface area contributed by atoms with Crippen molar-refractivity contribution < 1.29 is 27.1 Å². The second kappa shape index (κ2) is 10.6. The second-order valence-corrected chi connectivity index (χ2v) is 8.73. The van der Waals surface area contributed by atoms with Crippen molar-refractivity contribution in [3.8, 4) is 5.75 Å². The first-order valence-corrected chi connectivity index (χ1v) is 11.2. The molecule has 1 aromatic heterocycles. The fourth-order valence-corrected chi connectivity index (χ4v) is 4.54. The molecule has 0 bridgehead atoms. The Morgan fingerprint density at radius 1 is 1.10 bits per heavy atom. The molecule has 2 heterocycles. The van der Waals surface area contributed by atoms with Crippen LogP contribution in [-0.2, 0) is 14.8 Å². The van der Waals surface area contributed by atoms with Crippen LogP contribution in [0.3, 0.4) is 0 Å². The highest BCUT2D eigenvalue weighted by atomic mass is 32.2. The van der Waals surface area contributed by atoms with Crippen LogP contribution in [0.15, 0.2) is 52.0 Å². The lowest BCUT2D eigenvalue weighted by molar-refractivity contribution is 0.0917. The van der Waals surface area contributed by atoms with Gasteiger partial charge in [-0.1, -0.05) is 0 Å². The maximum absolute atomic E-state index is 12.9. The largest absolute Gasteiger partial charge is 0.491 e. The van der Waals surface area contributed by atoms with Crippen LogP contribution >= 0.6 is 0 Å². The molecule has 1 amide bonds. The van der Waals surface area contributed by atoms with Crippen molar-refractivity contribution in [3.05, 3.63) is 48.4 Å². The van der Waals surface area contributed by atoms with Crippen LogP contribution in [0.25, 0.3) is 0 Å². The molecule has 0 radical (unpaired) electrons. The van der Waals surface area contributed by atoms with Gasteiger partial charge in [-0.05, 0) is 36.4 Å². The summed E-state index contributed by atoms with van der Waals surface area (Å²) in [5.74, 6) is 0.629. The van der Waals surface area contributed by atoms with E-state index >= 15 is 0 Å². The molecule has 10 heteroatoms.